The summed E-state index contributed by atoms with van der Waals surface area (Å²) in [5, 5.41) is 23.1. The summed E-state index contributed by atoms with van der Waals surface area (Å²) in [7, 11) is 1.60. The smallest absolute Gasteiger partial charge is 0.124 e. The van der Waals surface area contributed by atoms with E-state index < -0.39 is 0 Å². The van der Waals surface area contributed by atoms with Gasteiger partial charge in [-0.2, -0.15) is 0 Å². The van der Waals surface area contributed by atoms with Crippen LogP contribution in [0.15, 0.2) is 36.4 Å². The lowest BCUT2D eigenvalue weighted by Gasteiger charge is -2.17. The van der Waals surface area contributed by atoms with Gasteiger partial charge >= 0.3 is 0 Å². The first-order chi connectivity index (χ1) is 10.0. The lowest BCUT2D eigenvalue weighted by Crippen LogP contribution is -2.18. The molecule has 2 aromatic rings. The van der Waals surface area contributed by atoms with Crippen molar-refractivity contribution in [2.75, 3.05) is 7.11 Å². The van der Waals surface area contributed by atoms with E-state index in [4.69, 9.17) is 16.3 Å². The van der Waals surface area contributed by atoms with Crippen LogP contribution in [0.3, 0.4) is 0 Å². The van der Waals surface area contributed by atoms with Gasteiger partial charge in [-0.3, -0.25) is 0 Å². The van der Waals surface area contributed by atoms with Crippen molar-refractivity contribution >= 4 is 11.6 Å². The third-order valence-corrected chi connectivity index (χ3v) is 3.72. The van der Waals surface area contributed by atoms with E-state index in [1.165, 1.54) is 6.07 Å². The molecule has 1 atom stereocenters. The molecule has 112 valence electrons. The molecule has 2 rings (SSSR count). The number of benzene rings is 2. The van der Waals surface area contributed by atoms with Gasteiger partial charge in [0.1, 0.15) is 17.2 Å². The Balaban J connectivity index is 2.13. The van der Waals surface area contributed by atoms with Crippen LogP contribution in [-0.2, 0) is 6.54 Å². The Kier molecular flexibility index (Phi) is 4.94. The summed E-state index contributed by atoms with van der Waals surface area (Å²) in [6.45, 7) is 2.43. The highest BCUT2D eigenvalue weighted by Gasteiger charge is 2.13. The normalized spacial score (nSPS) is 12.1. The molecule has 0 heterocycles. The van der Waals surface area contributed by atoms with E-state index in [-0.39, 0.29) is 17.5 Å². The number of hydrogen-bond acceptors (Lipinski definition) is 4. The van der Waals surface area contributed by atoms with Crippen LogP contribution in [0.2, 0.25) is 5.02 Å². The molecule has 21 heavy (non-hydrogen) atoms. The SMILES string of the molecule is COc1cccc(Cl)c1CNC(C)c1ccc(O)cc1O. The highest BCUT2D eigenvalue weighted by molar-refractivity contribution is 6.31. The number of methoxy groups -OCH3 is 1. The molecule has 5 heteroatoms. The second-order valence-corrected chi connectivity index (χ2v) is 5.17. The largest absolute Gasteiger partial charge is 0.508 e. The summed E-state index contributed by atoms with van der Waals surface area (Å²) in [5.41, 5.74) is 1.57. The van der Waals surface area contributed by atoms with Crippen molar-refractivity contribution in [2.45, 2.75) is 19.5 Å². The molecular formula is C16H18ClNO3. The minimum atomic E-state index is -0.105. The molecule has 1 unspecified atom stereocenters. The fourth-order valence-electron chi connectivity index (χ4n) is 2.17. The van der Waals surface area contributed by atoms with Crippen LogP contribution in [0.5, 0.6) is 17.2 Å². The quantitative estimate of drug-likeness (QED) is 0.789. The van der Waals surface area contributed by atoms with E-state index in [1.807, 2.05) is 25.1 Å². The number of hydrogen-bond donors (Lipinski definition) is 3. The summed E-state index contributed by atoms with van der Waals surface area (Å²) in [5.74, 6) is 0.814. The fraction of sp³-hybridized carbons (Fsp3) is 0.250. The van der Waals surface area contributed by atoms with Crippen LogP contribution in [0.25, 0.3) is 0 Å². The van der Waals surface area contributed by atoms with Gasteiger partial charge in [0.15, 0.2) is 0 Å². The van der Waals surface area contributed by atoms with Gasteiger partial charge in [0.2, 0.25) is 0 Å². The third kappa shape index (κ3) is 3.60. The predicted octanol–water partition coefficient (Wildman–Crippen LogP) is 3.61. The van der Waals surface area contributed by atoms with Crippen LogP contribution < -0.4 is 10.1 Å². The van der Waals surface area contributed by atoms with Gasteiger partial charge in [-0.15, -0.1) is 0 Å². The first-order valence-electron chi connectivity index (χ1n) is 6.59. The lowest BCUT2D eigenvalue weighted by atomic mass is 10.1. The van der Waals surface area contributed by atoms with Gasteiger partial charge in [0.05, 0.1) is 7.11 Å². The van der Waals surface area contributed by atoms with E-state index in [0.29, 0.717) is 17.1 Å². The molecule has 0 saturated heterocycles. The van der Waals surface area contributed by atoms with Gasteiger partial charge in [0, 0.05) is 34.8 Å². The lowest BCUT2D eigenvalue weighted by molar-refractivity contribution is 0.405. The number of aromatic hydroxyl groups is 2. The number of phenolic OH excluding ortho intramolecular Hbond substituents is 2. The van der Waals surface area contributed by atoms with Crippen molar-refractivity contribution in [3.63, 3.8) is 0 Å². The maximum atomic E-state index is 9.86. The number of phenols is 2. The van der Waals surface area contributed by atoms with Crippen molar-refractivity contribution in [3.05, 3.63) is 52.5 Å². The zero-order valence-corrected chi connectivity index (χ0v) is 12.7. The van der Waals surface area contributed by atoms with Gasteiger partial charge < -0.3 is 20.3 Å². The molecule has 0 aliphatic heterocycles. The molecule has 0 aliphatic rings. The van der Waals surface area contributed by atoms with Gasteiger partial charge in [-0.1, -0.05) is 23.7 Å². The topological polar surface area (TPSA) is 61.7 Å². The van der Waals surface area contributed by atoms with Crippen molar-refractivity contribution in [2.24, 2.45) is 0 Å². The predicted molar refractivity (Wildman–Crippen MR) is 83.0 cm³/mol. The maximum absolute atomic E-state index is 9.86. The van der Waals surface area contributed by atoms with Gasteiger partial charge in [-0.05, 0) is 25.1 Å². The summed E-state index contributed by atoms with van der Waals surface area (Å²) < 4.78 is 5.30. The van der Waals surface area contributed by atoms with Gasteiger partial charge in [0.25, 0.3) is 0 Å². The Morgan fingerprint density at radius 1 is 1.24 bits per heavy atom. The van der Waals surface area contributed by atoms with Crippen molar-refractivity contribution in [1.29, 1.82) is 0 Å². The molecule has 3 N–H and O–H groups in total. The standard InChI is InChI=1S/C16H18ClNO3/c1-10(12-7-6-11(19)8-15(12)20)18-9-13-14(17)4-3-5-16(13)21-2/h3-8,10,18-20H,9H2,1-2H3. The zero-order valence-electron chi connectivity index (χ0n) is 11.9. The van der Waals surface area contributed by atoms with Crippen molar-refractivity contribution in [1.82, 2.24) is 5.32 Å². The first-order valence-corrected chi connectivity index (χ1v) is 6.97. The highest BCUT2D eigenvalue weighted by atomic mass is 35.5. The Morgan fingerprint density at radius 3 is 2.67 bits per heavy atom. The molecule has 4 nitrogen and oxygen atoms in total. The molecular weight excluding hydrogens is 290 g/mol. The first kappa shape index (κ1) is 15.5. The van der Waals surface area contributed by atoms with E-state index in [0.717, 1.165) is 11.3 Å². The number of nitrogens with one attached hydrogen (secondary N) is 1. The van der Waals surface area contributed by atoms with E-state index in [2.05, 4.69) is 5.32 Å². The van der Waals surface area contributed by atoms with E-state index >= 15 is 0 Å². The molecule has 0 radical (unpaired) electrons. The molecule has 0 aromatic heterocycles. The monoisotopic (exact) mass is 307 g/mol. The summed E-state index contributed by atoms with van der Waals surface area (Å²) in [6.07, 6.45) is 0. The molecule has 0 bridgehead atoms. The number of ether oxygens (including phenoxy) is 1. The molecule has 0 amide bonds. The molecule has 0 saturated carbocycles. The summed E-state index contributed by atoms with van der Waals surface area (Å²) >= 11 is 6.19. The van der Waals surface area contributed by atoms with Crippen molar-refractivity contribution < 1.29 is 14.9 Å². The third-order valence-electron chi connectivity index (χ3n) is 3.36. The van der Waals surface area contributed by atoms with Crippen LogP contribution in [0, 0.1) is 0 Å². The highest BCUT2D eigenvalue weighted by Crippen LogP contribution is 2.30. The maximum Gasteiger partial charge on any atom is 0.124 e. The minimum absolute atomic E-state index is 0.0382. The summed E-state index contributed by atoms with van der Waals surface area (Å²) in [4.78, 5) is 0. The van der Waals surface area contributed by atoms with Gasteiger partial charge in [-0.25, -0.2) is 0 Å². The number of rotatable bonds is 5. The fourth-order valence-corrected chi connectivity index (χ4v) is 2.40. The van der Waals surface area contributed by atoms with Crippen LogP contribution in [0.4, 0.5) is 0 Å². The molecule has 0 aliphatic carbocycles. The van der Waals surface area contributed by atoms with Crippen molar-refractivity contribution in [3.8, 4) is 17.2 Å². The minimum Gasteiger partial charge on any atom is -0.508 e. The Labute approximate surface area is 129 Å². The zero-order chi connectivity index (χ0) is 15.4. The Bertz CT molecular complexity index is 631. The average Bonchev–Trinajstić information content (AvgIpc) is 2.45. The number of halogens is 1. The molecule has 2 aromatic carbocycles. The molecule has 0 fully saturated rings. The molecule has 0 spiro atoms. The summed E-state index contributed by atoms with van der Waals surface area (Å²) in [6, 6.07) is 9.94. The van der Waals surface area contributed by atoms with Crippen LogP contribution in [-0.4, -0.2) is 17.3 Å². The van der Waals surface area contributed by atoms with Crippen LogP contribution in [0.1, 0.15) is 24.1 Å². The second kappa shape index (κ2) is 6.70. The Morgan fingerprint density at radius 2 is 2.00 bits per heavy atom. The average molecular weight is 308 g/mol. The Hall–Kier alpha value is -1.91. The van der Waals surface area contributed by atoms with Crippen LogP contribution >= 0.6 is 11.6 Å². The second-order valence-electron chi connectivity index (χ2n) is 4.77. The van der Waals surface area contributed by atoms with E-state index in [1.54, 1.807) is 19.2 Å². The van der Waals surface area contributed by atoms with E-state index in [9.17, 15) is 10.2 Å².